The molecule has 0 N–H and O–H groups in total. The number of piperidine rings is 1. The minimum Gasteiger partial charge on any atom is -0.489 e. The molecule has 3 aliphatic rings. The van der Waals surface area contributed by atoms with Crippen molar-refractivity contribution in [2.45, 2.75) is 44.9 Å². The summed E-state index contributed by atoms with van der Waals surface area (Å²) in [5, 5.41) is 0. The largest absolute Gasteiger partial charge is 0.489 e. The van der Waals surface area contributed by atoms with Crippen LogP contribution in [0.25, 0.3) is 11.3 Å². The van der Waals surface area contributed by atoms with E-state index in [9.17, 15) is 4.79 Å². The van der Waals surface area contributed by atoms with Crippen LogP contribution < -0.4 is 19.8 Å². The monoisotopic (exact) mass is 503 g/mol. The van der Waals surface area contributed by atoms with E-state index in [1.165, 1.54) is 11.3 Å². The lowest BCUT2D eigenvalue weighted by Crippen LogP contribution is -2.38. The van der Waals surface area contributed by atoms with Gasteiger partial charge in [0.2, 0.25) is 0 Å². The van der Waals surface area contributed by atoms with Gasteiger partial charge in [0.1, 0.15) is 24.6 Å². The Morgan fingerprint density at radius 2 is 2.00 bits per heavy atom. The van der Waals surface area contributed by atoms with E-state index in [0.717, 1.165) is 61.5 Å². The SMILES string of the molecule is Cc1c2n(c(OC[C@@H]3COCCO3)cc1=O)CCc1cc(N3CCC(Oc4cccnc4)CC3)ccc1-2. The smallest absolute Gasteiger partial charge is 0.197 e. The van der Waals surface area contributed by atoms with Crippen molar-refractivity contribution in [2.24, 2.45) is 0 Å². The molecule has 0 aliphatic carbocycles. The Bertz CT molecular complexity index is 1290. The highest BCUT2D eigenvalue weighted by atomic mass is 16.6. The molecule has 3 aromatic rings. The van der Waals surface area contributed by atoms with Gasteiger partial charge < -0.3 is 28.4 Å². The van der Waals surface area contributed by atoms with Gasteiger partial charge >= 0.3 is 0 Å². The van der Waals surface area contributed by atoms with Crippen molar-refractivity contribution in [3.8, 4) is 22.9 Å². The van der Waals surface area contributed by atoms with E-state index >= 15 is 0 Å². The Hall–Kier alpha value is -3.36. The molecule has 0 spiro atoms. The topological polar surface area (TPSA) is 75.1 Å². The van der Waals surface area contributed by atoms with Gasteiger partial charge in [-0.25, -0.2) is 0 Å². The third-order valence-electron chi connectivity index (χ3n) is 7.51. The lowest BCUT2D eigenvalue weighted by atomic mass is 9.93. The standard InChI is InChI=1S/C29H33N3O5/c1-20-27(33)16-28(36-19-25-18-34-13-14-35-25)32-12-6-21-15-22(4-5-26(21)29(20)32)31-10-7-23(8-11-31)37-24-3-2-9-30-17-24/h2-5,9,15-17,23,25H,6-8,10-14,18-19H2,1H3/t25-/m0/s1. The van der Waals surface area contributed by atoms with Crippen molar-refractivity contribution in [1.82, 2.24) is 9.55 Å². The second-order valence-electron chi connectivity index (χ2n) is 9.94. The highest BCUT2D eigenvalue weighted by Gasteiger charge is 2.26. The summed E-state index contributed by atoms with van der Waals surface area (Å²) in [6.45, 7) is 6.65. The number of pyridine rings is 2. The van der Waals surface area contributed by atoms with Crippen LogP contribution in [0.2, 0.25) is 0 Å². The van der Waals surface area contributed by atoms with Crippen molar-refractivity contribution >= 4 is 5.69 Å². The van der Waals surface area contributed by atoms with Crippen LogP contribution in [0.3, 0.4) is 0 Å². The van der Waals surface area contributed by atoms with E-state index in [1.54, 1.807) is 18.5 Å². The molecule has 8 nitrogen and oxygen atoms in total. The maximum atomic E-state index is 12.9. The molecule has 0 saturated carbocycles. The number of hydrogen-bond donors (Lipinski definition) is 0. The van der Waals surface area contributed by atoms with E-state index in [1.807, 2.05) is 19.1 Å². The molecule has 0 amide bonds. The Balaban J connectivity index is 1.18. The maximum Gasteiger partial charge on any atom is 0.197 e. The molecule has 2 saturated heterocycles. The van der Waals surface area contributed by atoms with Crippen LogP contribution in [0.4, 0.5) is 5.69 Å². The van der Waals surface area contributed by atoms with E-state index in [4.69, 9.17) is 18.9 Å². The minimum atomic E-state index is -0.112. The van der Waals surface area contributed by atoms with Crippen molar-refractivity contribution in [1.29, 1.82) is 0 Å². The predicted molar refractivity (Wildman–Crippen MR) is 141 cm³/mol. The van der Waals surface area contributed by atoms with Gasteiger partial charge in [0.15, 0.2) is 11.3 Å². The number of hydrogen-bond acceptors (Lipinski definition) is 7. The predicted octanol–water partition coefficient (Wildman–Crippen LogP) is 3.62. The molecule has 6 rings (SSSR count). The molecule has 2 aromatic heterocycles. The first-order valence-corrected chi connectivity index (χ1v) is 13.2. The number of benzene rings is 1. The number of aryl methyl sites for hydroxylation is 1. The number of rotatable bonds is 6. The van der Waals surface area contributed by atoms with Crippen molar-refractivity contribution < 1.29 is 18.9 Å². The van der Waals surface area contributed by atoms with Crippen LogP contribution in [-0.2, 0) is 22.4 Å². The van der Waals surface area contributed by atoms with Crippen molar-refractivity contribution in [3.05, 3.63) is 70.1 Å². The molecule has 8 heteroatoms. The second kappa shape index (κ2) is 10.6. The normalized spacial score (nSPS) is 19.7. The molecule has 5 heterocycles. The zero-order valence-corrected chi connectivity index (χ0v) is 21.2. The average molecular weight is 504 g/mol. The number of aromatic nitrogens is 2. The van der Waals surface area contributed by atoms with Crippen molar-refractivity contribution in [2.75, 3.05) is 44.4 Å². The zero-order chi connectivity index (χ0) is 25.2. The highest BCUT2D eigenvalue weighted by Crippen LogP contribution is 2.36. The Morgan fingerprint density at radius 3 is 2.78 bits per heavy atom. The lowest BCUT2D eigenvalue weighted by molar-refractivity contribution is -0.102. The Kier molecular flexibility index (Phi) is 6.85. The molecule has 1 atom stereocenters. The molecule has 0 radical (unpaired) electrons. The van der Waals surface area contributed by atoms with E-state index in [2.05, 4.69) is 32.7 Å². The first-order chi connectivity index (χ1) is 18.2. The summed E-state index contributed by atoms with van der Waals surface area (Å²) < 4.78 is 25.5. The summed E-state index contributed by atoms with van der Waals surface area (Å²) in [7, 11) is 0. The van der Waals surface area contributed by atoms with Crippen molar-refractivity contribution in [3.63, 3.8) is 0 Å². The first-order valence-electron chi connectivity index (χ1n) is 13.2. The van der Waals surface area contributed by atoms with Crippen LogP contribution in [0.15, 0.2) is 53.6 Å². The average Bonchev–Trinajstić information content (AvgIpc) is 2.95. The number of nitrogens with zero attached hydrogens (tertiary/aromatic N) is 3. The molecule has 1 aromatic carbocycles. The Morgan fingerprint density at radius 1 is 1.11 bits per heavy atom. The van der Waals surface area contributed by atoms with Gasteiger partial charge in [-0.05, 0) is 43.2 Å². The third kappa shape index (κ3) is 5.08. The first kappa shape index (κ1) is 24.0. The zero-order valence-electron chi connectivity index (χ0n) is 21.2. The second-order valence-corrected chi connectivity index (χ2v) is 9.94. The highest BCUT2D eigenvalue weighted by molar-refractivity contribution is 5.72. The molecule has 37 heavy (non-hydrogen) atoms. The summed E-state index contributed by atoms with van der Waals surface area (Å²) in [5.74, 6) is 1.44. The van der Waals surface area contributed by atoms with Gasteiger partial charge in [0, 0.05) is 61.6 Å². The molecule has 194 valence electrons. The quantitative estimate of drug-likeness (QED) is 0.509. The minimum absolute atomic E-state index is 0.00493. The summed E-state index contributed by atoms with van der Waals surface area (Å²) in [4.78, 5) is 19.5. The van der Waals surface area contributed by atoms with Crippen LogP contribution in [0.1, 0.15) is 24.0 Å². The van der Waals surface area contributed by atoms with Crippen LogP contribution >= 0.6 is 0 Å². The maximum absolute atomic E-state index is 12.9. The number of fused-ring (bicyclic) bond motifs is 3. The molecule has 2 fully saturated rings. The van der Waals surface area contributed by atoms with Crippen LogP contribution in [-0.4, -0.2) is 61.3 Å². The van der Waals surface area contributed by atoms with E-state index in [0.29, 0.717) is 32.3 Å². The fraction of sp³-hybridized carbons (Fsp3) is 0.448. The molecular formula is C29H33N3O5. The number of ether oxygens (including phenoxy) is 4. The van der Waals surface area contributed by atoms with Gasteiger partial charge in [-0.2, -0.15) is 0 Å². The Labute approximate surface area is 216 Å². The van der Waals surface area contributed by atoms with Gasteiger partial charge in [0.05, 0.1) is 31.7 Å². The summed E-state index contributed by atoms with van der Waals surface area (Å²) in [6, 6.07) is 12.1. The third-order valence-corrected chi connectivity index (χ3v) is 7.51. The van der Waals surface area contributed by atoms with E-state index in [-0.39, 0.29) is 17.6 Å². The lowest BCUT2D eigenvalue weighted by Gasteiger charge is -2.35. The van der Waals surface area contributed by atoms with Crippen LogP contribution in [0, 0.1) is 6.92 Å². The van der Waals surface area contributed by atoms with Gasteiger partial charge in [-0.1, -0.05) is 6.07 Å². The molecular weight excluding hydrogens is 470 g/mol. The summed E-state index contributed by atoms with van der Waals surface area (Å²) in [6.07, 6.45) is 6.47. The molecule has 0 bridgehead atoms. The fourth-order valence-electron chi connectivity index (χ4n) is 5.52. The van der Waals surface area contributed by atoms with Gasteiger partial charge in [0.25, 0.3) is 0 Å². The van der Waals surface area contributed by atoms with Gasteiger partial charge in [-0.15, -0.1) is 0 Å². The molecule has 3 aliphatic heterocycles. The fourth-order valence-corrected chi connectivity index (χ4v) is 5.52. The van der Waals surface area contributed by atoms with E-state index < -0.39 is 0 Å². The van der Waals surface area contributed by atoms with Crippen LogP contribution in [0.5, 0.6) is 11.6 Å². The summed E-state index contributed by atoms with van der Waals surface area (Å²) >= 11 is 0. The number of anilines is 1. The summed E-state index contributed by atoms with van der Waals surface area (Å²) in [5.41, 5.74) is 5.33. The van der Waals surface area contributed by atoms with Gasteiger partial charge in [-0.3, -0.25) is 9.78 Å². The molecule has 0 unspecified atom stereocenters.